The second kappa shape index (κ2) is 5.28. The zero-order valence-electron chi connectivity index (χ0n) is 9.32. The Labute approximate surface area is 123 Å². The fourth-order valence-electron chi connectivity index (χ4n) is 1.97. The molecule has 3 nitrogen and oxygen atoms in total. The largest absolute Gasteiger partial charge is 0.244 e. The average molecular weight is 403 g/mol. The van der Waals surface area contributed by atoms with Gasteiger partial charge >= 0.3 is 0 Å². The van der Waals surface area contributed by atoms with Gasteiger partial charge in [-0.25, -0.2) is 8.42 Å². The Morgan fingerprint density at radius 2 is 2.29 bits per heavy atom. The molecular weight excluding hydrogens is 390 g/mol. The highest BCUT2D eigenvalue weighted by Gasteiger charge is 2.33. The van der Waals surface area contributed by atoms with Gasteiger partial charge in [-0.3, -0.25) is 0 Å². The smallest absolute Gasteiger partial charge is 0.207 e. The Bertz CT molecular complexity index is 512. The summed E-state index contributed by atoms with van der Waals surface area (Å²) >= 11 is 8.22. The highest BCUT2D eigenvalue weighted by atomic mass is 79.9. The summed E-state index contributed by atoms with van der Waals surface area (Å²) in [5.41, 5.74) is 0. The lowest BCUT2D eigenvalue weighted by Gasteiger charge is -2.15. The SMILES string of the molecule is Cc1sc(Br)cc1S(=O)(=O)N1CCC(CBr)C1. The van der Waals surface area contributed by atoms with E-state index in [1.807, 2.05) is 6.92 Å². The molecule has 0 radical (unpaired) electrons. The van der Waals surface area contributed by atoms with E-state index in [-0.39, 0.29) is 0 Å². The quantitative estimate of drug-likeness (QED) is 0.727. The van der Waals surface area contributed by atoms with Gasteiger partial charge in [-0.1, -0.05) is 15.9 Å². The normalized spacial score (nSPS) is 22.2. The van der Waals surface area contributed by atoms with E-state index in [1.54, 1.807) is 10.4 Å². The first-order valence-corrected chi connectivity index (χ1v) is 9.44. The lowest BCUT2D eigenvalue weighted by molar-refractivity contribution is 0.466. The predicted octanol–water partition coefficient (Wildman–Crippen LogP) is 3.22. The summed E-state index contributed by atoms with van der Waals surface area (Å²) in [6.07, 6.45) is 0.939. The van der Waals surface area contributed by atoms with Gasteiger partial charge in [-0.2, -0.15) is 4.31 Å². The minimum absolute atomic E-state index is 0.437. The summed E-state index contributed by atoms with van der Waals surface area (Å²) in [6, 6.07) is 1.71. The van der Waals surface area contributed by atoms with Crippen molar-refractivity contribution >= 4 is 53.2 Å². The number of hydrogen-bond donors (Lipinski definition) is 0. The monoisotopic (exact) mass is 401 g/mol. The van der Waals surface area contributed by atoms with Crippen LogP contribution in [0.5, 0.6) is 0 Å². The molecule has 0 amide bonds. The van der Waals surface area contributed by atoms with Gasteiger partial charge in [0.05, 0.1) is 8.68 Å². The van der Waals surface area contributed by atoms with E-state index in [4.69, 9.17) is 0 Å². The molecule has 7 heteroatoms. The van der Waals surface area contributed by atoms with Crippen LogP contribution in [0.25, 0.3) is 0 Å². The Kier molecular flexibility index (Phi) is 4.35. The number of aryl methyl sites for hydroxylation is 1. The maximum absolute atomic E-state index is 12.4. The van der Waals surface area contributed by atoms with Gasteiger partial charge in [0, 0.05) is 23.3 Å². The molecule has 0 N–H and O–H groups in total. The molecule has 1 unspecified atom stereocenters. The number of thiophene rings is 1. The summed E-state index contributed by atoms with van der Waals surface area (Å²) in [6.45, 7) is 3.10. The molecule has 0 saturated carbocycles. The zero-order valence-corrected chi connectivity index (χ0v) is 14.1. The second-order valence-corrected chi connectivity index (χ2v) is 9.33. The molecule has 1 saturated heterocycles. The van der Waals surface area contributed by atoms with Crippen LogP contribution in [-0.4, -0.2) is 31.1 Å². The summed E-state index contributed by atoms with van der Waals surface area (Å²) in [5.74, 6) is 0.437. The number of rotatable bonds is 3. The molecule has 17 heavy (non-hydrogen) atoms. The molecule has 1 aliphatic heterocycles. The van der Waals surface area contributed by atoms with Crippen LogP contribution in [0, 0.1) is 12.8 Å². The third-order valence-electron chi connectivity index (χ3n) is 2.93. The molecule has 2 heterocycles. The van der Waals surface area contributed by atoms with Crippen molar-refractivity contribution in [1.29, 1.82) is 0 Å². The van der Waals surface area contributed by atoms with E-state index in [9.17, 15) is 8.42 Å². The number of sulfonamides is 1. The molecule has 1 aliphatic rings. The van der Waals surface area contributed by atoms with Crippen LogP contribution in [0.1, 0.15) is 11.3 Å². The van der Waals surface area contributed by atoms with E-state index in [2.05, 4.69) is 31.9 Å². The number of hydrogen-bond acceptors (Lipinski definition) is 3. The molecule has 0 spiro atoms. The Morgan fingerprint density at radius 1 is 1.59 bits per heavy atom. The highest BCUT2D eigenvalue weighted by molar-refractivity contribution is 9.11. The van der Waals surface area contributed by atoms with E-state index in [0.717, 1.165) is 20.4 Å². The van der Waals surface area contributed by atoms with Gasteiger partial charge < -0.3 is 0 Å². The van der Waals surface area contributed by atoms with Crippen molar-refractivity contribution in [3.05, 3.63) is 14.7 Å². The second-order valence-electron chi connectivity index (χ2n) is 4.14. The summed E-state index contributed by atoms with van der Waals surface area (Å²) in [7, 11) is -3.30. The lowest BCUT2D eigenvalue weighted by atomic mass is 10.2. The van der Waals surface area contributed by atoms with Gasteiger partial charge in [0.2, 0.25) is 10.0 Å². The number of halogens is 2. The van der Waals surface area contributed by atoms with E-state index in [0.29, 0.717) is 23.9 Å². The Balaban J connectivity index is 2.28. The molecule has 2 rings (SSSR count). The van der Waals surface area contributed by atoms with Crippen LogP contribution in [0.15, 0.2) is 14.7 Å². The molecule has 1 atom stereocenters. The van der Waals surface area contributed by atoms with Crippen LogP contribution in [-0.2, 0) is 10.0 Å². The maximum Gasteiger partial charge on any atom is 0.244 e. The van der Waals surface area contributed by atoms with Gasteiger partial charge in [0.25, 0.3) is 0 Å². The standard InChI is InChI=1S/C10H13Br2NO2S2/c1-7-9(4-10(12)16-7)17(14,15)13-3-2-8(5-11)6-13/h4,8H,2-3,5-6H2,1H3. The van der Waals surface area contributed by atoms with Crippen LogP contribution in [0.2, 0.25) is 0 Å². The molecule has 0 aromatic carbocycles. The van der Waals surface area contributed by atoms with Gasteiger partial charge in [-0.05, 0) is 41.3 Å². The number of alkyl halides is 1. The first-order chi connectivity index (χ1) is 7.95. The van der Waals surface area contributed by atoms with Crippen molar-refractivity contribution < 1.29 is 8.42 Å². The van der Waals surface area contributed by atoms with Gasteiger partial charge in [-0.15, -0.1) is 11.3 Å². The van der Waals surface area contributed by atoms with Crippen molar-refractivity contribution in [3.8, 4) is 0 Å². The third-order valence-corrected chi connectivity index (χ3v) is 7.52. The fourth-order valence-corrected chi connectivity index (χ4v) is 6.41. The molecule has 1 aromatic rings. The molecular formula is C10H13Br2NO2S2. The summed E-state index contributed by atoms with van der Waals surface area (Å²) < 4.78 is 27.3. The Morgan fingerprint density at radius 3 is 2.76 bits per heavy atom. The van der Waals surface area contributed by atoms with Crippen molar-refractivity contribution in [2.75, 3.05) is 18.4 Å². The van der Waals surface area contributed by atoms with Crippen molar-refractivity contribution in [1.82, 2.24) is 4.31 Å². The zero-order chi connectivity index (χ0) is 12.6. The summed E-state index contributed by atoms with van der Waals surface area (Å²) in [4.78, 5) is 1.30. The van der Waals surface area contributed by atoms with Gasteiger partial charge in [0.15, 0.2) is 0 Å². The van der Waals surface area contributed by atoms with E-state index >= 15 is 0 Å². The van der Waals surface area contributed by atoms with Crippen molar-refractivity contribution in [2.24, 2.45) is 5.92 Å². The molecule has 1 fully saturated rings. The van der Waals surface area contributed by atoms with E-state index in [1.165, 1.54) is 11.3 Å². The third kappa shape index (κ3) is 2.78. The van der Waals surface area contributed by atoms with Crippen molar-refractivity contribution in [2.45, 2.75) is 18.2 Å². The van der Waals surface area contributed by atoms with Crippen LogP contribution < -0.4 is 0 Å². The minimum Gasteiger partial charge on any atom is -0.207 e. The molecule has 1 aromatic heterocycles. The van der Waals surface area contributed by atoms with Crippen LogP contribution in [0.3, 0.4) is 0 Å². The molecule has 0 bridgehead atoms. The van der Waals surface area contributed by atoms with Gasteiger partial charge in [0.1, 0.15) is 0 Å². The van der Waals surface area contributed by atoms with Crippen molar-refractivity contribution in [3.63, 3.8) is 0 Å². The van der Waals surface area contributed by atoms with Crippen LogP contribution >= 0.6 is 43.2 Å². The fraction of sp³-hybridized carbons (Fsp3) is 0.600. The minimum atomic E-state index is -3.30. The number of nitrogens with zero attached hydrogens (tertiary/aromatic N) is 1. The summed E-state index contributed by atoms with van der Waals surface area (Å²) in [5, 5.41) is 0.866. The Hall–Kier alpha value is 0.570. The first-order valence-electron chi connectivity index (χ1n) is 5.27. The lowest BCUT2D eigenvalue weighted by Crippen LogP contribution is -2.29. The molecule has 96 valence electrons. The maximum atomic E-state index is 12.4. The predicted molar refractivity (Wildman–Crippen MR) is 77.4 cm³/mol. The molecule has 0 aliphatic carbocycles. The first kappa shape index (κ1) is 14.0. The van der Waals surface area contributed by atoms with Crippen LogP contribution in [0.4, 0.5) is 0 Å². The average Bonchev–Trinajstić information content (AvgIpc) is 2.85. The topological polar surface area (TPSA) is 37.4 Å². The van der Waals surface area contributed by atoms with E-state index < -0.39 is 10.0 Å². The highest BCUT2D eigenvalue weighted by Crippen LogP contribution is 2.33.